The first kappa shape index (κ1) is 16.5. The van der Waals surface area contributed by atoms with Crippen molar-refractivity contribution < 1.29 is 8.42 Å². The van der Waals surface area contributed by atoms with Gasteiger partial charge in [0.05, 0.1) is 4.90 Å². The lowest BCUT2D eigenvalue weighted by molar-refractivity contribution is 0.491. The molecular weight excluding hydrogens is 284 g/mol. The van der Waals surface area contributed by atoms with Crippen LogP contribution in [0.2, 0.25) is 0 Å². The van der Waals surface area contributed by atoms with Crippen molar-refractivity contribution in [1.82, 2.24) is 10.0 Å². The van der Waals surface area contributed by atoms with Gasteiger partial charge in [-0.05, 0) is 49.3 Å². The molecule has 21 heavy (non-hydrogen) atoms. The molecule has 4 nitrogen and oxygen atoms in total. The van der Waals surface area contributed by atoms with E-state index in [0.29, 0.717) is 29.8 Å². The van der Waals surface area contributed by atoms with Crippen LogP contribution >= 0.6 is 0 Å². The van der Waals surface area contributed by atoms with Gasteiger partial charge in [0.25, 0.3) is 0 Å². The second kappa shape index (κ2) is 7.38. The van der Waals surface area contributed by atoms with Crippen molar-refractivity contribution >= 4 is 10.0 Å². The summed E-state index contributed by atoms with van der Waals surface area (Å²) in [5.41, 5.74) is 0.831. The van der Waals surface area contributed by atoms with E-state index < -0.39 is 10.0 Å². The number of hydrogen-bond donors (Lipinski definition) is 2. The van der Waals surface area contributed by atoms with Gasteiger partial charge >= 0.3 is 0 Å². The molecular formula is C16H26N2O2S. The second-order valence-corrected chi connectivity index (χ2v) is 7.69. The molecule has 1 aliphatic rings. The zero-order valence-corrected chi connectivity index (χ0v) is 13.7. The molecule has 0 amide bonds. The number of sulfonamides is 1. The zero-order valence-electron chi connectivity index (χ0n) is 12.9. The maximum Gasteiger partial charge on any atom is 0.240 e. The molecule has 0 heterocycles. The Labute approximate surface area is 128 Å². The molecule has 0 saturated heterocycles. The fourth-order valence-electron chi connectivity index (χ4n) is 2.46. The lowest BCUT2D eigenvalue weighted by atomic mass is 10.1. The monoisotopic (exact) mass is 310 g/mol. The molecule has 1 atom stereocenters. The molecule has 1 unspecified atom stereocenters. The van der Waals surface area contributed by atoms with Gasteiger partial charge in [-0.2, -0.15) is 0 Å². The van der Waals surface area contributed by atoms with Crippen LogP contribution in [0.3, 0.4) is 0 Å². The summed E-state index contributed by atoms with van der Waals surface area (Å²) in [7, 11) is -3.42. The average molecular weight is 310 g/mol. The molecule has 1 fully saturated rings. The number of rotatable bonds is 9. The molecule has 0 aliphatic heterocycles. The maximum atomic E-state index is 12.5. The Hall–Kier alpha value is -0.910. The number of hydrogen-bond acceptors (Lipinski definition) is 3. The van der Waals surface area contributed by atoms with Gasteiger partial charge < -0.3 is 5.32 Å². The highest BCUT2D eigenvalue weighted by Gasteiger charge is 2.29. The summed E-state index contributed by atoms with van der Waals surface area (Å²) in [5, 5.41) is 3.26. The fraction of sp³-hybridized carbons (Fsp3) is 0.625. The van der Waals surface area contributed by atoms with E-state index in [0.717, 1.165) is 18.5 Å². The maximum absolute atomic E-state index is 12.5. The van der Waals surface area contributed by atoms with Gasteiger partial charge in [0.1, 0.15) is 0 Å². The molecule has 0 spiro atoms. The van der Waals surface area contributed by atoms with Crippen LogP contribution in [-0.4, -0.2) is 21.5 Å². The smallest absolute Gasteiger partial charge is 0.240 e. The first-order valence-corrected chi connectivity index (χ1v) is 9.31. The second-order valence-electron chi connectivity index (χ2n) is 5.95. The largest absolute Gasteiger partial charge is 0.313 e. The van der Waals surface area contributed by atoms with Gasteiger partial charge in [-0.15, -0.1) is 0 Å². The minimum absolute atomic E-state index is 0.400. The van der Waals surface area contributed by atoms with Gasteiger partial charge in [0.15, 0.2) is 0 Å². The van der Waals surface area contributed by atoms with Crippen molar-refractivity contribution in [3.8, 4) is 0 Å². The average Bonchev–Trinajstić information content (AvgIpc) is 3.30. The quantitative estimate of drug-likeness (QED) is 0.689. The van der Waals surface area contributed by atoms with Crippen LogP contribution in [0.5, 0.6) is 0 Å². The van der Waals surface area contributed by atoms with E-state index in [1.807, 2.05) is 12.1 Å². The summed E-state index contributed by atoms with van der Waals surface area (Å²) in [6, 6.07) is 7.23. The molecule has 1 aliphatic carbocycles. The van der Waals surface area contributed by atoms with Crippen LogP contribution in [0.4, 0.5) is 0 Å². The molecule has 1 aromatic carbocycles. The van der Waals surface area contributed by atoms with Crippen LogP contribution < -0.4 is 10.0 Å². The third-order valence-electron chi connectivity index (χ3n) is 4.03. The highest BCUT2D eigenvalue weighted by atomic mass is 32.2. The summed E-state index contributed by atoms with van der Waals surface area (Å²) < 4.78 is 27.8. The standard InChI is InChI=1S/C16H26N2O2S/c1-3-10-17-12-15-6-4-5-7-16(15)21(19,20)18-11-13(2)14-8-9-14/h4-7,13-14,17-18H,3,8-12H2,1-2H3. The Kier molecular flexibility index (Phi) is 5.79. The minimum atomic E-state index is -3.42. The van der Waals surface area contributed by atoms with E-state index in [2.05, 4.69) is 23.9 Å². The Morgan fingerprint density at radius 1 is 1.29 bits per heavy atom. The fourth-order valence-corrected chi connectivity index (χ4v) is 3.84. The molecule has 118 valence electrons. The van der Waals surface area contributed by atoms with Crippen LogP contribution in [-0.2, 0) is 16.6 Å². The SMILES string of the molecule is CCCNCc1ccccc1S(=O)(=O)NCC(C)C1CC1. The molecule has 5 heteroatoms. The van der Waals surface area contributed by atoms with Crippen molar-refractivity contribution in [2.75, 3.05) is 13.1 Å². The van der Waals surface area contributed by atoms with E-state index in [1.165, 1.54) is 12.8 Å². The van der Waals surface area contributed by atoms with Crippen molar-refractivity contribution in [2.45, 2.75) is 44.6 Å². The molecule has 0 radical (unpaired) electrons. The summed E-state index contributed by atoms with van der Waals surface area (Å²) in [5.74, 6) is 1.12. The summed E-state index contributed by atoms with van der Waals surface area (Å²) in [6.07, 6.45) is 3.51. The summed E-state index contributed by atoms with van der Waals surface area (Å²) in [4.78, 5) is 0.400. The Balaban J connectivity index is 2.03. The molecule has 1 aromatic rings. The van der Waals surface area contributed by atoms with Crippen molar-refractivity contribution in [3.63, 3.8) is 0 Å². The topological polar surface area (TPSA) is 58.2 Å². The van der Waals surface area contributed by atoms with E-state index in [9.17, 15) is 8.42 Å². The lowest BCUT2D eigenvalue weighted by Crippen LogP contribution is -2.30. The third kappa shape index (κ3) is 4.80. The van der Waals surface area contributed by atoms with E-state index in [4.69, 9.17) is 0 Å². The lowest BCUT2D eigenvalue weighted by Gasteiger charge is -2.14. The highest BCUT2D eigenvalue weighted by molar-refractivity contribution is 7.89. The van der Waals surface area contributed by atoms with Crippen molar-refractivity contribution in [2.24, 2.45) is 11.8 Å². The molecule has 1 saturated carbocycles. The first-order valence-electron chi connectivity index (χ1n) is 7.83. The Morgan fingerprint density at radius 3 is 2.67 bits per heavy atom. The Morgan fingerprint density at radius 2 is 2.00 bits per heavy atom. The van der Waals surface area contributed by atoms with Crippen LogP contribution in [0, 0.1) is 11.8 Å². The highest BCUT2D eigenvalue weighted by Crippen LogP contribution is 2.36. The van der Waals surface area contributed by atoms with Crippen molar-refractivity contribution in [1.29, 1.82) is 0 Å². The van der Waals surface area contributed by atoms with Crippen LogP contribution in [0.25, 0.3) is 0 Å². The molecule has 0 bridgehead atoms. The molecule has 2 rings (SSSR count). The van der Waals surface area contributed by atoms with Gasteiger partial charge in [0.2, 0.25) is 10.0 Å². The predicted octanol–water partition coefficient (Wildman–Crippen LogP) is 2.51. The third-order valence-corrected chi connectivity index (χ3v) is 5.55. The van der Waals surface area contributed by atoms with E-state index in [-0.39, 0.29) is 0 Å². The summed E-state index contributed by atoms with van der Waals surface area (Å²) in [6.45, 7) is 6.22. The van der Waals surface area contributed by atoms with Gasteiger partial charge in [-0.25, -0.2) is 13.1 Å². The first-order chi connectivity index (χ1) is 10.0. The van der Waals surface area contributed by atoms with Crippen molar-refractivity contribution in [3.05, 3.63) is 29.8 Å². The molecule has 2 N–H and O–H groups in total. The number of benzene rings is 1. The predicted molar refractivity (Wildman–Crippen MR) is 85.5 cm³/mol. The zero-order chi connectivity index (χ0) is 15.3. The number of nitrogens with one attached hydrogen (secondary N) is 2. The Bertz CT molecular complexity index is 553. The van der Waals surface area contributed by atoms with Gasteiger partial charge in [-0.1, -0.05) is 32.0 Å². The minimum Gasteiger partial charge on any atom is -0.313 e. The van der Waals surface area contributed by atoms with Crippen LogP contribution in [0.1, 0.15) is 38.7 Å². The normalized spacial score (nSPS) is 16.9. The van der Waals surface area contributed by atoms with E-state index in [1.54, 1.807) is 12.1 Å². The van der Waals surface area contributed by atoms with Crippen LogP contribution in [0.15, 0.2) is 29.2 Å². The molecule has 0 aromatic heterocycles. The van der Waals surface area contributed by atoms with E-state index >= 15 is 0 Å². The summed E-state index contributed by atoms with van der Waals surface area (Å²) >= 11 is 0. The van der Waals surface area contributed by atoms with Gasteiger partial charge in [-0.3, -0.25) is 0 Å². The van der Waals surface area contributed by atoms with Gasteiger partial charge in [0, 0.05) is 13.1 Å².